The molecule has 2 N–H and O–H groups in total. The molecule has 0 bridgehead atoms. The smallest absolute Gasteiger partial charge is 0.239 e. The second-order valence-corrected chi connectivity index (χ2v) is 3.64. The molecule has 0 aliphatic carbocycles. The van der Waals surface area contributed by atoms with Crippen molar-refractivity contribution in [2.24, 2.45) is 0 Å². The number of nitrogens with zero attached hydrogens (tertiary/aromatic N) is 2. The third-order valence-corrected chi connectivity index (χ3v) is 2.31. The van der Waals surface area contributed by atoms with Gasteiger partial charge in [-0.05, 0) is 31.5 Å². The fourth-order valence-electron chi connectivity index (χ4n) is 1.34. The molecule has 0 aliphatic rings. The van der Waals surface area contributed by atoms with Crippen LogP contribution in [-0.4, -0.2) is 10.2 Å². The number of hydrogen-bond acceptors (Lipinski definition) is 4. The van der Waals surface area contributed by atoms with Gasteiger partial charge in [-0.2, -0.15) is 5.10 Å². The summed E-state index contributed by atoms with van der Waals surface area (Å²) in [7, 11) is 0. The zero-order valence-corrected chi connectivity index (χ0v) is 9.27. The highest BCUT2D eigenvalue weighted by atomic mass is 16.5. The Morgan fingerprint density at radius 3 is 2.81 bits per heavy atom. The molecular weight excluding hydrogens is 202 g/mol. The van der Waals surface area contributed by atoms with Crippen LogP contribution in [0.15, 0.2) is 30.5 Å². The maximum Gasteiger partial charge on any atom is 0.239 e. The Balaban J connectivity index is 2.31. The van der Waals surface area contributed by atoms with Gasteiger partial charge < -0.3 is 10.5 Å². The van der Waals surface area contributed by atoms with Gasteiger partial charge in [0, 0.05) is 17.3 Å². The van der Waals surface area contributed by atoms with Crippen molar-refractivity contribution in [3.05, 3.63) is 41.6 Å². The maximum absolute atomic E-state index is 5.79. The highest BCUT2D eigenvalue weighted by Gasteiger charge is 2.04. The Bertz CT molecular complexity index is 511. The summed E-state index contributed by atoms with van der Waals surface area (Å²) < 4.78 is 5.62. The summed E-state index contributed by atoms with van der Waals surface area (Å²) in [6.45, 7) is 3.85. The minimum Gasteiger partial charge on any atom is -0.437 e. The van der Waals surface area contributed by atoms with E-state index < -0.39 is 0 Å². The minimum absolute atomic E-state index is 0.480. The molecule has 0 unspecified atom stereocenters. The van der Waals surface area contributed by atoms with Crippen LogP contribution in [0.25, 0.3) is 0 Å². The zero-order chi connectivity index (χ0) is 11.5. The van der Waals surface area contributed by atoms with Crippen molar-refractivity contribution < 1.29 is 4.74 Å². The lowest BCUT2D eigenvalue weighted by Crippen LogP contribution is -1.95. The molecule has 2 aromatic rings. The molecule has 4 heteroatoms. The molecule has 1 aromatic carbocycles. The van der Waals surface area contributed by atoms with Crippen molar-refractivity contribution in [3.8, 4) is 11.6 Å². The molecule has 16 heavy (non-hydrogen) atoms. The Hall–Kier alpha value is -2.10. The molecule has 0 radical (unpaired) electrons. The van der Waals surface area contributed by atoms with E-state index in [9.17, 15) is 0 Å². The van der Waals surface area contributed by atoms with Crippen LogP contribution in [0.2, 0.25) is 0 Å². The van der Waals surface area contributed by atoms with E-state index >= 15 is 0 Å². The molecular formula is C12H13N3O. The zero-order valence-electron chi connectivity index (χ0n) is 9.27. The fraction of sp³-hybridized carbons (Fsp3) is 0.167. The van der Waals surface area contributed by atoms with Gasteiger partial charge in [0.25, 0.3) is 0 Å². The Kier molecular flexibility index (Phi) is 2.72. The predicted octanol–water partition coefficient (Wildman–Crippen LogP) is 2.47. The summed E-state index contributed by atoms with van der Waals surface area (Å²) in [6.07, 6.45) is 1.68. The normalized spacial score (nSPS) is 10.1. The van der Waals surface area contributed by atoms with Crippen LogP contribution in [0.1, 0.15) is 11.1 Å². The predicted molar refractivity (Wildman–Crippen MR) is 62.4 cm³/mol. The first-order chi connectivity index (χ1) is 7.66. The summed E-state index contributed by atoms with van der Waals surface area (Å²) in [4.78, 5) is 0. The molecule has 0 aliphatic heterocycles. The third-order valence-electron chi connectivity index (χ3n) is 2.31. The summed E-state index contributed by atoms with van der Waals surface area (Å²) in [6, 6.07) is 7.37. The van der Waals surface area contributed by atoms with E-state index in [4.69, 9.17) is 10.5 Å². The molecule has 0 fully saturated rings. The summed E-state index contributed by atoms with van der Waals surface area (Å²) in [5, 5.41) is 7.72. The van der Waals surface area contributed by atoms with Crippen molar-refractivity contribution in [1.29, 1.82) is 0 Å². The Labute approximate surface area is 94.1 Å². The van der Waals surface area contributed by atoms with Gasteiger partial charge in [0.15, 0.2) is 0 Å². The quantitative estimate of drug-likeness (QED) is 0.782. The third kappa shape index (κ3) is 2.11. The first-order valence-electron chi connectivity index (χ1n) is 4.99. The molecule has 1 heterocycles. The first kappa shape index (κ1) is 10.4. The van der Waals surface area contributed by atoms with Crippen LogP contribution >= 0.6 is 0 Å². The molecule has 0 amide bonds. The fourth-order valence-corrected chi connectivity index (χ4v) is 1.34. The van der Waals surface area contributed by atoms with Gasteiger partial charge in [0.1, 0.15) is 5.75 Å². The molecule has 0 spiro atoms. The van der Waals surface area contributed by atoms with Crippen molar-refractivity contribution in [2.45, 2.75) is 13.8 Å². The van der Waals surface area contributed by atoms with Crippen LogP contribution in [0.5, 0.6) is 11.6 Å². The van der Waals surface area contributed by atoms with E-state index in [0.29, 0.717) is 17.3 Å². The highest BCUT2D eigenvalue weighted by Crippen LogP contribution is 2.26. The number of benzene rings is 1. The van der Waals surface area contributed by atoms with Gasteiger partial charge in [0.05, 0.1) is 6.20 Å². The molecule has 0 saturated heterocycles. The maximum atomic E-state index is 5.79. The van der Waals surface area contributed by atoms with E-state index in [0.717, 1.165) is 11.1 Å². The molecule has 4 nitrogen and oxygen atoms in total. The van der Waals surface area contributed by atoms with Gasteiger partial charge in [-0.25, -0.2) is 0 Å². The summed E-state index contributed by atoms with van der Waals surface area (Å²) >= 11 is 0. The lowest BCUT2D eigenvalue weighted by molar-refractivity contribution is 0.451. The van der Waals surface area contributed by atoms with Crippen LogP contribution in [0, 0.1) is 13.8 Å². The number of ether oxygens (including phenoxy) is 1. The lowest BCUT2D eigenvalue weighted by atomic mass is 10.2. The van der Waals surface area contributed by atoms with E-state index in [1.165, 1.54) is 0 Å². The standard InChI is InChI=1S/C12H13N3O/c1-8-6-12(15-14-7-8)16-11-5-3-4-10(13)9(11)2/h3-7H,13H2,1-2H3. The average molecular weight is 215 g/mol. The van der Waals surface area contributed by atoms with Crippen LogP contribution in [0.4, 0.5) is 5.69 Å². The second kappa shape index (κ2) is 4.18. The van der Waals surface area contributed by atoms with Gasteiger partial charge in [0.2, 0.25) is 5.88 Å². The summed E-state index contributed by atoms with van der Waals surface area (Å²) in [5.74, 6) is 1.19. The molecule has 0 saturated carbocycles. The minimum atomic E-state index is 0.480. The number of nitrogens with two attached hydrogens (primary N) is 1. The molecule has 82 valence electrons. The molecule has 0 atom stereocenters. The SMILES string of the molecule is Cc1cnnc(Oc2cccc(N)c2C)c1. The second-order valence-electron chi connectivity index (χ2n) is 3.64. The Morgan fingerprint density at radius 1 is 1.25 bits per heavy atom. The van der Waals surface area contributed by atoms with Gasteiger partial charge in [-0.1, -0.05) is 6.07 Å². The first-order valence-corrected chi connectivity index (χ1v) is 4.99. The van der Waals surface area contributed by atoms with Gasteiger partial charge in [-0.15, -0.1) is 5.10 Å². The number of rotatable bonds is 2. The van der Waals surface area contributed by atoms with Crippen molar-refractivity contribution in [3.63, 3.8) is 0 Å². The average Bonchev–Trinajstić information content (AvgIpc) is 2.25. The monoisotopic (exact) mass is 215 g/mol. The van der Waals surface area contributed by atoms with Crippen molar-refractivity contribution >= 4 is 5.69 Å². The van der Waals surface area contributed by atoms with Crippen LogP contribution in [-0.2, 0) is 0 Å². The number of aromatic nitrogens is 2. The van der Waals surface area contributed by atoms with Crippen LogP contribution in [0.3, 0.4) is 0 Å². The van der Waals surface area contributed by atoms with Gasteiger partial charge >= 0.3 is 0 Å². The van der Waals surface area contributed by atoms with E-state index in [-0.39, 0.29) is 0 Å². The number of anilines is 1. The topological polar surface area (TPSA) is 61.0 Å². The Morgan fingerprint density at radius 2 is 2.06 bits per heavy atom. The molecule has 1 aromatic heterocycles. The highest BCUT2D eigenvalue weighted by molar-refractivity contribution is 5.53. The molecule has 2 rings (SSSR count). The van der Waals surface area contributed by atoms with Crippen molar-refractivity contribution in [1.82, 2.24) is 10.2 Å². The van der Waals surface area contributed by atoms with Gasteiger partial charge in [-0.3, -0.25) is 0 Å². The lowest BCUT2D eigenvalue weighted by Gasteiger charge is -2.08. The number of aryl methyl sites for hydroxylation is 1. The van der Waals surface area contributed by atoms with Crippen molar-refractivity contribution in [2.75, 3.05) is 5.73 Å². The largest absolute Gasteiger partial charge is 0.437 e. The van der Waals surface area contributed by atoms with E-state index in [2.05, 4.69) is 10.2 Å². The van der Waals surface area contributed by atoms with E-state index in [1.54, 1.807) is 6.20 Å². The van der Waals surface area contributed by atoms with Crippen LogP contribution < -0.4 is 10.5 Å². The number of hydrogen-bond donors (Lipinski definition) is 1. The van der Waals surface area contributed by atoms with E-state index in [1.807, 2.05) is 38.1 Å². The number of nitrogen functional groups attached to an aromatic ring is 1. The summed E-state index contributed by atoms with van der Waals surface area (Å²) in [5.41, 5.74) is 8.41.